The van der Waals surface area contributed by atoms with E-state index in [0.717, 1.165) is 0 Å². The molecule has 7 nitrogen and oxygen atoms in total. The molecule has 1 amide bonds. The van der Waals surface area contributed by atoms with E-state index in [2.05, 4.69) is 10.6 Å². The molecule has 21 heavy (non-hydrogen) atoms. The van der Waals surface area contributed by atoms with Gasteiger partial charge in [0.1, 0.15) is 5.75 Å². The number of ether oxygens (including phenoxy) is 1. The maximum absolute atomic E-state index is 11.9. The van der Waals surface area contributed by atoms with Crippen LogP contribution in [0.1, 0.15) is 6.92 Å². The van der Waals surface area contributed by atoms with Gasteiger partial charge in [0.05, 0.1) is 17.7 Å². The summed E-state index contributed by atoms with van der Waals surface area (Å²) in [6.45, 7) is 2.25. The molecule has 0 saturated heterocycles. The predicted molar refractivity (Wildman–Crippen MR) is 83.3 cm³/mol. The number of benzene rings is 1. The Morgan fingerprint density at radius 3 is 2.52 bits per heavy atom. The van der Waals surface area contributed by atoms with Crippen molar-refractivity contribution in [1.29, 1.82) is 0 Å². The Bertz CT molecular complexity index is 592. The molecule has 0 saturated carbocycles. The fourth-order valence-corrected chi connectivity index (χ4v) is 2.16. The highest BCUT2D eigenvalue weighted by Crippen LogP contribution is 2.27. The second-order valence-electron chi connectivity index (χ2n) is 4.36. The Kier molecular flexibility index (Phi) is 7.65. The van der Waals surface area contributed by atoms with E-state index in [-0.39, 0.29) is 34.8 Å². The number of anilines is 1. The zero-order valence-electron chi connectivity index (χ0n) is 12.0. The van der Waals surface area contributed by atoms with E-state index in [1.54, 1.807) is 14.0 Å². The fraction of sp³-hybridized carbons (Fsp3) is 0.417. The number of halogens is 1. The van der Waals surface area contributed by atoms with E-state index in [1.165, 1.54) is 25.3 Å². The highest BCUT2D eigenvalue weighted by atomic mass is 35.5. The summed E-state index contributed by atoms with van der Waals surface area (Å²) < 4.78 is 27.7. The fourth-order valence-electron chi connectivity index (χ4n) is 1.62. The Balaban J connectivity index is 0.00000400. The highest BCUT2D eigenvalue weighted by molar-refractivity contribution is 7.89. The molecule has 0 spiro atoms. The van der Waals surface area contributed by atoms with Crippen molar-refractivity contribution in [3.63, 3.8) is 0 Å². The Morgan fingerprint density at radius 2 is 2.05 bits per heavy atom. The number of methoxy groups -OCH3 is 1. The van der Waals surface area contributed by atoms with Crippen molar-refractivity contribution >= 4 is 34.0 Å². The van der Waals surface area contributed by atoms with Crippen LogP contribution in [0.15, 0.2) is 23.1 Å². The normalized spacial score (nSPS) is 12.2. The molecule has 0 heterocycles. The molecule has 1 aromatic rings. The van der Waals surface area contributed by atoms with Crippen molar-refractivity contribution in [1.82, 2.24) is 5.32 Å². The van der Waals surface area contributed by atoms with Crippen LogP contribution in [0.25, 0.3) is 0 Å². The molecule has 0 aliphatic rings. The second-order valence-corrected chi connectivity index (χ2v) is 5.92. The molecule has 1 aromatic carbocycles. The number of nitrogens with one attached hydrogen (secondary N) is 2. The third kappa shape index (κ3) is 5.50. The zero-order valence-corrected chi connectivity index (χ0v) is 13.7. The van der Waals surface area contributed by atoms with E-state index < -0.39 is 10.0 Å². The van der Waals surface area contributed by atoms with Gasteiger partial charge in [-0.15, -0.1) is 12.4 Å². The number of hydrogen-bond acceptors (Lipinski definition) is 5. The van der Waals surface area contributed by atoms with Gasteiger partial charge < -0.3 is 15.4 Å². The number of rotatable bonds is 6. The lowest BCUT2D eigenvalue weighted by Gasteiger charge is -2.14. The van der Waals surface area contributed by atoms with Crippen LogP contribution < -0.4 is 20.5 Å². The molecule has 0 aliphatic carbocycles. The van der Waals surface area contributed by atoms with E-state index in [4.69, 9.17) is 9.88 Å². The van der Waals surface area contributed by atoms with Gasteiger partial charge in [-0.1, -0.05) is 6.92 Å². The number of carbonyl (C=O) groups is 1. The molecule has 0 bridgehead atoms. The molecule has 1 unspecified atom stereocenters. The van der Waals surface area contributed by atoms with E-state index in [0.29, 0.717) is 12.3 Å². The molecule has 0 fully saturated rings. The van der Waals surface area contributed by atoms with Crippen molar-refractivity contribution in [2.75, 3.05) is 26.0 Å². The number of sulfonamides is 1. The molecule has 1 rings (SSSR count). The molecule has 0 aromatic heterocycles. The highest BCUT2D eigenvalue weighted by Gasteiger charge is 2.17. The minimum absolute atomic E-state index is 0. The number of primary sulfonamides is 1. The lowest BCUT2D eigenvalue weighted by Crippen LogP contribution is -2.28. The van der Waals surface area contributed by atoms with Crippen molar-refractivity contribution in [3.8, 4) is 5.75 Å². The minimum Gasteiger partial charge on any atom is -0.495 e. The average molecular weight is 338 g/mol. The number of hydrogen-bond donors (Lipinski definition) is 3. The molecule has 0 aliphatic heterocycles. The summed E-state index contributed by atoms with van der Waals surface area (Å²) in [6.07, 6.45) is 0. The largest absolute Gasteiger partial charge is 0.495 e. The first-order valence-corrected chi connectivity index (χ1v) is 7.50. The summed E-state index contributed by atoms with van der Waals surface area (Å²) in [7, 11) is -0.665. The van der Waals surface area contributed by atoms with Crippen LogP contribution in [0.2, 0.25) is 0 Å². The SMILES string of the molecule is CNCC(C)C(=O)Nc1cc(S(N)(=O)=O)ccc1OC.Cl. The number of carbonyl (C=O) groups excluding carboxylic acids is 1. The Morgan fingerprint density at radius 1 is 1.43 bits per heavy atom. The molecule has 120 valence electrons. The van der Waals surface area contributed by atoms with Gasteiger partial charge in [-0.05, 0) is 25.2 Å². The summed E-state index contributed by atoms with van der Waals surface area (Å²) in [6, 6.07) is 4.04. The van der Waals surface area contributed by atoms with Crippen molar-refractivity contribution in [3.05, 3.63) is 18.2 Å². The van der Waals surface area contributed by atoms with Crippen molar-refractivity contribution in [2.24, 2.45) is 11.1 Å². The van der Waals surface area contributed by atoms with E-state index in [1.807, 2.05) is 0 Å². The van der Waals surface area contributed by atoms with Crippen LogP contribution in [0.5, 0.6) is 5.75 Å². The summed E-state index contributed by atoms with van der Waals surface area (Å²) in [4.78, 5) is 11.9. The first-order chi connectivity index (χ1) is 9.29. The second kappa shape index (κ2) is 8.18. The average Bonchev–Trinajstić information content (AvgIpc) is 2.37. The molecular weight excluding hydrogens is 318 g/mol. The summed E-state index contributed by atoms with van der Waals surface area (Å²) in [5.74, 6) is -0.158. The zero-order chi connectivity index (χ0) is 15.3. The third-order valence-electron chi connectivity index (χ3n) is 2.72. The quantitative estimate of drug-likeness (QED) is 0.702. The topological polar surface area (TPSA) is 111 Å². The first-order valence-electron chi connectivity index (χ1n) is 5.96. The molecular formula is C12H20ClN3O4S. The summed E-state index contributed by atoms with van der Waals surface area (Å²) in [5, 5.41) is 10.6. The van der Waals surface area contributed by atoms with Gasteiger partial charge in [-0.2, -0.15) is 0 Å². The maximum Gasteiger partial charge on any atom is 0.238 e. The van der Waals surface area contributed by atoms with Crippen LogP contribution in [-0.4, -0.2) is 35.0 Å². The molecule has 1 atom stereocenters. The van der Waals surface area contributed by atoms with Gasteiger partial charge in [-0.25, -0.2) is 13.6 Å². The molecule has 4 N–H and O–H groups in total. The standard InChI is InChI=1S/C12H19N3O4S.ClH/c1-8(7-14-2)12(16)15-10-6-9(20(13,17)18)4-5-11(10)19-3;/h4-6,8,14H,7H2,1-3H3,(H,15,16)(H2,13,17,18);1H. The van der Waals surface area contributed by atoms with Gasteiger partial charge in [0, 0.05) is 12.5 Å². The maximum atomic E-state index is 11.9. The Hall–Kier alpha value is -1.35. The van der Waals surface area contributed by atoms with Gasteiger partial charge >= 0.3 is 0 Å². The van der Waals surface area contributed by atoms with Crippen LogP contribution >= 0.6 is 12.4 Å². The lowest BCUT2D eigenvalue weighted by molar-refractivity contribution is -0.119. The van der Waals surface area contributed by atoms with Crippen LogP contribution in [0, 0.1) is 5.92 Å². The Labute approximate surface area is 130 Å². The van der Waals surface area contributed by atoms with Crippen LogP contribution in [-0.2, 0) is 14.8 Å². The monoisotopic (exact) mass is 337 g/mol. The lowest BCUT2D eigenvalue weighted by atomic mass is 10.1. The van der Waals surface area contributed by atoms with Gasteiger partial charge in [0.15, 0.2) is 0 Å². The van der Waals surface area contributed by atoms with Gasteiger partial charge in [0.25, 0.3) is 0 Å². The third-order valence-corrected chi connectivity index (χ3v) is 3.63. The number of amides is 1. The summed E-state index contributed by atoms with van der Waals surface area (Å²) in [5.41, 5.74) is 0.270. The van der Waals surface area contributed by atoms with Gasteiger partial charge in [0.2, 0.25) is 15.9 Å². The number of nitrogens with two attached hydrogens (primary N) is 1. The predicted octanol–water partition coefficient (Wildman–Crippen LogP) is 0.558. The van der Waals surface area contributed by atoms with Crippen LogP contribution in [0.4, 0.5) is 5.69 Å². The summed E-state index contributed by atoms with van der Waals surface area (Å²) >= 11 is 0. The molecule has 9 heteroatoms. The van der Waals surface area contributed by atoms with Crippen molar-refractivity contribution < 1.29 is 17.9 Å². The van der Waals surface area contributed by atoms with E-state index >= 15 is 0 Å². The minimum atomic E-state index is -3.84. The first kappa shape index (κ1) is 19.7. The smallest absolute Gasteiger partial charge is 0.238 e. The van der Waals surface area contributed by atoms with Crippen molar-refractivity contribution in [2.45, 2.75) is 11.8 Å². The molecule has 0 radical (unpaired) electrons. The van der Waals surface area contributed by atoms with Gasteiger partial charge in [-0.3, -0.25) is 4.79 Å². The van der Waals surface area contributed by atoms with E-state index in [9.17, 15) is 13.2 Å². The van der Waals surface area contributed by atoms with Crippen LogP contribution in [0.3, 0.4) is 0 Å².